The number of carbonyl (C=O) groups is 1. The van der Waals surface area contributed by atoms with E-state index in [1.165, 1.54) is 30.4 Å². The predicted molar refractivity (Wildman–Crippen MR) is 120 cm³/mol. The minimum Gasteiger partial charge on any atom is -0.371 e. The number of fused-ring (bicyclic) bond motifs is 1. The average molecular weight is 391 g/mol. The topological polar surface area (TPSA) is 56.7 Å². The quantitative estimate of drug-likeness (QED) is 0.789. The van der Waals surface area contributed by atoms with Crippen molar-refractivity contribution in [2.24, 2.45) is 4.99 Å². The van der Waals surface area contributed by atoms with Crippen LogP contribution in [0.15, 0.2) is 47.5 Å². The summed E-state index contributed by atoms with van der Waals surface area (Å²) in [7, 11) is 3.57. The number of para-hydroxylation sites is 1. The van der Waals surface area contributed by atoms with Crippen LogP contribution in [0.1, 0.15) is 53.6 Å². The molecule has 5 heteroatoms. The number of rotatable bonds is 3. The van der Waals surface area contributed by atoms with Gasteiger partial charge in [-0.3, -0.25) is 9.79 Å². The smallest absolute Gasteiger partial charge is 0.255 e. The molecule has 1 amide bonds. The molecule has 2 aromatic rings. The molecule has 2 aromatic carbocycles. The standard InChI is InChI=1S/C24H30N4O/c1-17-9-7-10-18(15-17)16-25-23-24(13-5-4-6-14-24)27-20-12-8-11-19(21(20)26-23)22(29)28(2)3/h7-12,15,27H,4-6,13-14,16H2,1-3H3,(H,25,26). The van der Waals surface area contributed by atoms with Crippen LogP contribution in [0.5, 0.6) is 0 Å². The molecule has 2 aliphatic rings. The van der Waals surface area contributed by atoms with Gasteiger partial charge >= 0.3 is 0 Å². The van der Waals surface area contributed by atoms with E-state index in [-0.39, 0.29) is 11.4 Å². The van der Waals surface area contributed by atoms with Gasteiger partial charge in [-0.15, -0.1) is 0 Å². The molecule has 29 heavy (non-hydrogen) atoms. The highest BCUT2D eigenvalue weighted by molar-refractivity contribution is 6.14. The summed E-state index contributed by atoms with van der Waals surface area (Å²) in [6.45, 7) is 2.74. The number of nitrogens with zero attached hydrogens (tertiary/aromatic N) is 2. The van der Waals surface area contributed by atoms with E-state index in [9.17, 15) is 4.79 Å². The number of anilines is 2. The summed E-state index contributed by atoms with van der Waals surface area (Å²) in [5.41, 5.74) is 4.78. The fourth-order valence-electron chi connectivity index (χ4n) is 4.45. The predicted octanol–water partition coefficient (Wildman–Crippen LogP) is 4.84. The Hall–Kier alpha value is -2.82. The summed E-state index contributed by atoms with van der Waals surface area (Å²) in [5, 5.41) is 7.37. The van der Waals surface area contributed by atoms with Crippen LogP contribution < -0.4 is 10.6 Å². The van der Waals surface area contributed by atoms with Crippen molar-refractivity contribution in [1.29, 1.82) is 0 Å². The molecule has 0 unspecified atom stereocenters. The van der Waals surface area contributed by atoms with E-state index < -0.39 is 0 Å². The number of aryl methyl sites for hydroxylation is 1. The molecular weight excluding hydrogens is 360 g/mol. The van der Waals surface area contributed by atoms with Gasteiger partial charge in [0, 0.05) is 14.1 Å². The van der Waals surface area contributed by atoms with Crippen molar-refractivity contribution in [3.8, 4) is 0 Å². The third-order valence-corrected chi connectivity index (χ3v) is 5.98. The molecular formula is C24H30N4O. The van der Waals surface area contributed by atoms with Crippen LogP contribution in [0, 0.1) is 6.92 Å². The second-order valence-electron chi connectivity index (χ2n) is 8.47. The highest BCUT2D eigenvalue weighted by atomic mass is 16.2. The first kappa shape index (κ1) is 19.5. The minimum absolute atomic E-state index is 0.00576. The summed E-state index contributed by atoms with van der Waals surface area (Å²) >= 11 is 0. The maximum atomic E-state index is 12.7. The molecule has 0 radical (unpaired) electrons. The molecule has 0 bridgehead atoms. The maximum Gasteiger partial charge on any atom is 0.255 e. The van der Waals surface area contributed by atoms with Gasteiger partial charge in [0.2, 0.25) is 0 Å². The lowest BCUT2D eigenvalue weighted by atomic mass is 9.78. The molecule has 2 N–H and O–H groups in total. The largest absolute Gasteiger partial charge is 0.371 e. The monoisotopic (exact) mass is 390 g/mol. The van der Waals surface area contributed by atoms with Crippen LogP contribution in [0.4, 0.5) is 11.4 Å². The average Bonchev–Trinajstić information content (AvgIpc) is 2.72. The van der Waals surface area contributed by atoms with E-state index in [4.69, 9.17) is 4.99 Å². The fourth-order valence-corrected chi connectivity index (χ4v) is 4.45. The van der Waals surface area contributed by atoms with Crippen molar-refractivity contribution in [3.63, 3.8) is 0 Å². The molecule has 0 saturated heterocycles. The normalized spacial score (nSPS) is 18.7. The Morgan fingerprint density at radius 1 is 1.10 bits per heavy atom. The molecule has 4 rings (SSSR count). The van der Waals surface area contributed by atoms with Crippen LogP contribution in [0.3, 0.4) is 0 Å². The van der Waals surface area contributed by atoms with Crippen LogP contribution in [-0.2, 0) is 6.54 Å². The van der Waals surface area contributed by atoms with Gasteiger partial charge in [0.25, 0.3) is 5.91 Å². The Morgan fingerprint density at radius 2 is 1.86 bits per heavy atom. The molecule has 0 atom stereocenters. The van der Waals surface area contributed by atoms with Crippen molar-refractivity contribution in [3.05, 3.63) is 59.2 Å². The van der Waals surface area contributed by atoms with Crippen LogP contribution in [-0.4, -0.2) is 36.3 Å². The van der Waals surface area contributed by atoms with E-state index in [0.29, 0.717) is 12.1 Å². The Balaban J connectivity index is 1.73. The lowest BCUT2D eigenvalue weighted by molar-refractivity contribution is 0.0828. The lowest BCUT2D eigenvalue weighted by Gasteiger charge is -2.44. The molecule has 0 aromatic heterocycles. The van der Waals surface area contributed by atoms with Gasteiger partial charge in [-0.05, 0) is 37.5 Å². The molecule has 1 fully saturated rings. The van der Waals surface area contributed by atoms with E-state index in [2.05, 4.69) is 47.9 Å². The summed E-state index contributed by atoms with van der Waals surface area (Å²) < 4.78 is 0. The third-order valence-electron chi connectivity index (χ3n) is 5.98. The Morgan fingerprint density at radius 3 is 2.59 bits per heavy atom. The van der Waals surface area contributed by atoms with E-state index >= 15 is 0 Å². The van der Waals surface area contributed by atoms with Gasteiger partial charge in [-0.1, -0.05) is 55.2 Å². The first-order valence-electron chi connectivity index (χ1n) is 10.5. The maximum absolute atomic E-state index is 12.7. The minimum atomic E-state index is -0.172. The Bertz CT molecular complexity index is 942. The van der Waals surface area contributed by atoms with Crippen LogP contribution in [0.2, 0.25) is 0 Å². The van der Waals surface area contributed by atoms with Crippen molar-refractivity contribution in [1.82, 2.24) is 4.90 Å². The fraction of sp³-hybridized carbons (Fsp3) is 0.417. The summed E-state index contributed by atoms with van der Waals surface area (Å²) in [4.78, 5) is 19.4. The third kappa shape index (κ3) is 3.86. The van der Waals surface area contributed by atoms with Crippen LogP contribution >= 0.6 is 0 Å². The molecule has 1 heterocycles. The van der Waals surface area contributed by atoms with Crippen LogP contribution in [0.25, 0.3) is 0 Å². The second kappa shape index (κ2) is 7.90. The summed E-state index contributed by atoms with van der Waals surface area (Å²) in [5.74, 6) is 0.957. The number of amides is 1. The highest BCUT2D eigenvalue weighted by Crippen LogP contribution is 2.41. The van der Waals surface area contributed by atoms with Gasteiger partial charge in [0.1, 0.15) is 5.84 Å². The van der Waals surface area contributed by atoms with Crippen molar-refractivity contribution >= 4 is 23.1 Å². The molecule has 5 nitrogen and oxygen atoms in total. The van der Waals surface area contributed by atoms with Crippen molar-refractivity contribution in [2.45, 2.75) is 51.1 Å². The number of hydrogen-bond acceptors (Lipinski definition) is 3. The molecule has 1 saturated carbocycles. The number of aliphatic imine (C=N–C) groups is 1. The van der Waals surface area contributed by atoms with E-state index in [0.717, 1.165) is 30.1 Å². The molecule has 1 aliphatic carbocycles. The first-order chi connectivity index (χ1) is 14.0. The van der Waals surface area contributed by atoms with E-state index in [1.54, 1.807) is 19.0 Å². The number of amidine groups is 1. The number of hydrogen-bond donors (Lipinski definition) is 2. The molecule has 1 aliphatic heterocycles. The zero-order valence-electron chi connectivity index (χ0n) is 17.6. The number of nitrogens with one attached hydrogen (secondary N) is 2. The zero-order valence-corrected chi connectivity index (χ0v) is 17.6. The Kier molecular flexibility index (Phi) is 5.31. The number of benzene rings is 2. The van der Waals surface area contributed by atoms with Crippen molar-refractivity contribution < 1.29 is 4.79 Å². The SMILES string of the molecule is Cc1cccc(CN=C2Nc3c(cccc3C(=O)N(C)C)NC23CCCCC3)c1. The highest BCUT2D eigenvalue weighted by Gasteiger charge is 2.41. The van der Waals surface area contributed by atoms with Gasteiger partial charge in [0.05, 0.1) is 29.0 Å². The van der Waals surface area contributed by atoms with Gasteiger partial charge in [-0.25, -0.2) is 0 Å². The van der Waals surface area contributed by atoms with Crippen molar-refractivity contribution in [2.75, 3.05) is 24.7 Å². The second-order valence-corrected chi connectivity index (χ2v) is 8.47. The van der Waals surface area contributed by atoms with E-state index in [1.807, 2.05) is 12.1 Å². The zero-order chi connectivity index (χ0) is 20.4. The lowest BCUT2D eigenvalue weighted by Crippen LogP contribution is -2.54. The Labute approximate surface area is 173 Å². The van der Waals surface area contributed by atoms with Gasteiger partial charge < -0.3 is 15.5 Å². The summed E-state index contributed by atoms with van der Waals surface area (Å²) in [6, 6.07) is 14.4. The molecule has 1 spiro atoms. The molecule has 152 valence electrons. The number of carbonyl (C=O) groups excluding carboxylic acids is 1. The first-order valence-corrected chi connectivity index (χ1v) is 10.5. The summed E-state index contributed by atoms with van der Waals surface area (Å²) in [6.07, 6.45) is 5.74. The van der Waals surface area contributed by atoms with Gasteiger partial charge in [0.15, 0.2) is 0 Å². The van der Waals surface area contributed by atoms with Gasteiger partial charge in [-0.2, -0.15) is 0 Å².